The van der Waals surface area contributed by atoms with E-state index >= 15 is 0 Å². The number of carbonyl (C=O) groups is 2. The lowest BCUT2D eigenvalue weighted by Crippen LogP contribution is -2.51. The molecule has 1 atom stereocenters. The van der Waals surface area contributed by atoms with E-state index in [0.29, 0.717) is 50.3 Å². The molecule has 1 amide bonds. The number of ether oxygens (including phenoxy) is 2. The van der Waals surface area contributed by atoms with Gasteiger partial charge in [0.15, 0.2) is 5.60 Å². The van der Waals surface area contributed by atoms with Crippen molar-refractivity contribution in [1.82, 2.24) is 4.90 Å². The smallest absolute Gasteiger partial charge is 0.414 e. The highest BCUT2D eigenvalue weighted by Crippen LogP contribution is 2.26. The largest absolute Gasteiger partial charge is 0.464 e. The fourth-order valence-corrected chi connectivity index (χ4v) is 3.51. The summed E-state index contributed by atoms with van der Waals surface area (Å²) >= 11 is 0. The van der Waals surface area contributed by atoms with Crippen molar-refractivity contribution in [2.75, 3.05) is 37.7 Å². The van der Waals surface area contributed by atoms with E-state index < -0.39 is 17.7 Å². The number of nitrogens with two attached hydrogens (primary N) is 1. The lowest BCUT2D eigenvalue weighted by atomic mass is 9.91. The van der Waals surface area contributed by atoms with Gasteiger partial charge < -0.3 is 20.3 Å². The van der Waals surface area contributed by atoms with Crippen LogP contribution in [0.2, 0.25) is 0 Å². The lowest BCUT2D eigenvalue weighted by Gasteiger charge is -2.36. The molecule has 9 heteroatoms. The Morgan fingerprint density at radius 3 is 2.57 bits per heavy atom. The molecule has 0 radical (unpaired) electrons. The van der Waals surface area contributed by atoms with E-state index in [2.05, 4.69) is 4.90 Å². The van der Waals surface area contributed by atoms with Crippen molar-refractivity contribution >= 4 is 23.6 Å². The van der Waals surface area contributed by atoms with Gasteiger partial charge in [0.2, 0.25) is 0 Å². The molecule has 2 heterocycles. The van der Waals surface area contributed by atoms with Gasteiger partial charge in [-0.3, -0.25) is 15.2 Å². The SMILES string of the molecule is CCOC(=O)C1(O)CCN(CC2CN(c3ccc(C(=N)N)cc3)C(=O)O2)CC1. The Hall–Kier alpha value is -2.65. The minimum absolute atomic E-state index is 0.0266. The molecule has 0 spiro atoms. The molecule has 3 rings (SSSR count). The minimum Gasteiger partial charge on any atom is -0.464 e. The highest BCUT2D eigenvalue weighted by molar-refractivity contribution is 5.96. The van der Waals surface area contributed by atoms with Crippen molar-refractivity contribution in [2.24, 2.45) is 5.73 Å². The molecular weight excluding hydrogens is 364 g/mol. The summed E-state index contributed by atoms with van der Waals surface area (Å²) in [5.41, 5.74) is 5.30. The van der Waals surface area contributed by atoms with E-state index in [-0.39, 0.29) is 18.5 Å². The number of carbonyl (C=O) groups excluding carboxylic acids is 2. The van der Waals surface area contributed by atoms with Crippen molar-refractivity contribution in [1.29, 1.82) is 5.41 Å². The molecule has 1 aromatic rings. The number of hydrogen-bond donors (Lipinski definition) is 3. The van der Waals surface area contributed by atoms with Crippen molar-refractivity contribution in [2.45, 2.75) is 31.5 Å². The maximum absolute atomic E-state index is 12.2. The van der Waals surface area contributed by atoms with E-state index in [1.807, 2.05) is 0 Å². The van der Waals surface area contributed by atoms with Crippen LogP contribution in [0.3, 0.4) is 0 Å². The number of esters is 1. The summed E-state index contributed by atoms with van der Waals surface area (Å²) in [4.78, 5) is 27.7. The summed E-state index contributed by atoms with van der Waals surface area (Å²) in [5.74, 6) is -0.594. The van der Waals surface area contributed by atoms with Gasteiger partial charge >= 0.3 is 12.1 Å². The summed E-state index contributed by atoms with van der Waals surface area (Å²) in [7, 11) is 0. The molecule has 1 aromatic carbocycles. The van der Waals surface area contributed by atoms with Crippen LogP contribution < -0.4 is 10.6 Å². The van der Waals surface area contributed by atoms with E-state index in [9.17, 15) is 14.7 Å². The molecule has 0 saturated carbocycles. The summed E-state index contributed by atoms with van der Waals surface area (Å²) in [6.07, 6.45) is -0.125. The Morgan fingerprint density at radius 1 is 1.36 bits per heavy atom. The third kappa shape index (κ3) is 4.26. The van der Waals surface area contributed by atoms with Crippen LogP contribution in [-0.2, 0) is 14.3 Å². The van der Waals surface area contributed by atoms with Crippen LogP contribution in [0.4, 0.5) is 10.5 Å². The number of nitrogen functional groups attached to an aromatic ring is 1. The third-order valence-corrected chi connectivity index (χ3v) is 5.16. The van der Waals surface area contributed by atoms with Gasteiger partial charge in [-0.25, -0.2) is 9.59 Å². The van der Waals surface area contributed by atoms with Crippen molar-refractivity contribution < 1.29 is 24.2 Å². The van der Waals surface area contributed by atoms with E-state index in [4.69, 9.17) is 20.6 Å². The first-order chi connectivity index (χ1) is 13.3. The van der Waals surface area contributed by atoms with Crippen LogP contribution in [0.15, 0.2) is 24.3 Å². The molecule has 152 valence electrons. The molecule has 0 aliphatic carbocycles. The average Bonchev–Trinajstić information content (AvgIpc) is 3.04. The number of aliphatic hydroxyl groups is 1. The number of benzene rings is 1. The van der Waals surface area contributed by atoms with E-state index in [1.165, 1.54) is 0 Å². The molecule has 2 aliphatic heterocycles. The Labute approximate surface area is 163 Å². The van der Waals surface area contributed by atoms with Gasteiger partial charge in [0, 0.05) is 30.9 Å². The normalized spacial score (nSPS) is 22.0. The van der Waals surface area contributed by atoms with Gasteiger partial charge in [-0.05, 0) is 44.0 Å². The second-order valence-corrected chi connectivity index (χ2v) is 7.13. The summed E-state index contributed by atoms with van der Waals surface area (Å²) in [6.45, 7) is 3.95. The number of rotatable bonds is 6. The summed E-state index contributed by atoms with van der Waals surface area (Å²) < 4.78 is 10.4. The third-order valence-electron chi connectivity index (χ3n) is 5.16. The van der Waals surface area contributed by atoms with Crippen molar-refractivity contribution in [3.05, 3.63) is 29.8 Å². The molecule has 9 nitrogen and oxygen atoms in total. The predicted molar refractivity (Wildman–Crippen MR) is 102 cm³/mol. The van der Waals surface area contributed by atoms with Crippen LogP contribution in [0, 0.1) is 5.41 Å². The van der Waals surface area contributed by atoms with Gasteiger partial charge in [-0.1, -0.05) is 0 Å². The number of hydrogen-bond acceptors (Lipinski definition) is 7. The number of piperidine rings is 1. The number of anilines is 1. The zero-order valence-corrected chi connectivity index (χ0v) is 15.9. The summed E-state index contributed by atoms with van der Waals surface area (Å²) in [5, 5.41) is 17.9. The number of amides is 1. The van der Waals surface area contributed by atoms with Gasteiger partial charge in [-0.2, -0.15) is 0 Å². The van der Waals surface area contributed by atoms with Gasteiger partial charge in [0.1, 0.15) is 11.9 Å². The molecule has 4 N–H and O–H groups in total. The number of likely N-dealkylation sites (tertiary alicyclic amines) is 1. The van der Waals surface area contributed by atoms with Crippen LogP contribution in [0.25, 0.3) is 0 Å². The Balaban J connectivity index is 1.54. The second-order valence-electron chi connectivity index (χ2n) is 7.13. The fraction of sp³-hybridized carbons (Fsp3) is 0.526. The van der Waals surface area contributed by atoms with Crippen molar-refractivity contribution in [3.8, 4) is 0 Å². The Bertz CT molecular complexity index is 743. The van der Waals surface area contributed by atoms with E-state index in [0.717, 1.165) is 0 Å². The van der Waals surface area contributed by atoms with Gasteiger partial charge in [-0.15, -0.1) is 0 Å². The molecule has 2 fully saturated rings. The standard InChI is InChI=1S/C19H26N4O5/c1-2-27-17(24)19(26)7-9-22(10-8-19)11-15-12-23(18(25)28-15)14-5-3-13(4-6-14)16(20)21/h3-6,15,26H,2,7-12H2,1H3,(H3,20,21). The monoisotopic (exact) mass is 390 g/mol. The number of nitrogens with one attached hydrogen (secondary N) is 1. The predicted octanol–water partition coefficient (Wildman–Crippen LogP) is 0.686. The Kier molecular flexibility index (Phi) is 5.85. The molecule has 2 saturated heterocycles. The van der Waals surface area contributed by atoms with Crippen LogP contribution in [0.1, 0.15) is 25.3 Å². The number of cyclic esters (lactones) is 1. The van der Waals surface area contributed by atoms with Crippen LogP contribution in [-0.4, -0.2) is 72.4 Å². The summed E-state index contributed by atoms with van der Waals surface area (Å²) in [6, 6.07) is 6.86. The number of amidine groups is 1. The van der Waals surface area contributed by atoms with Crippen LogP contribution >= 0.6 is 0 Å². The highest BCUT2D eigenvalue weighted by atomic mass is 16.6. The number of nitrogens with zero attached hydrogens (tertiary/aromatic N) is 2. The lowest BCUT2D eigenvalue weighted by molar-refractivity contribution is -0.170. The Morgan fingerprint density at radius 2 is 2.00 bits per heavy atom. The van der Waals surface area contributed by atoms with Crippen molar-refractivity contribution in [3.63, 3.8) is 0 Å². The molecular formula is C19H26N4O5. The first-order valence-electron chi connectivity index (χ1n) is 9.37. The zero-order chi connectivity index (χ0) is 20.3. The maximum Gasteiger partial charge on any atom is 0.414 e. The van der Waals surface area contributed by atoms with E-state index in [1.54, 1.807) is 36.1 Å². The molecule has 0 aromatic heterocycles. The molecule has 2 aliphatic rings. The quantitative estimate of drug-likeness (QED) is 0.370. The molecule has 0 bridgehead atoms. The molecule has 1 unspecified atom stereocenters. The zero-order valence-electron chi connectivity index (χ0n) is 15.9. The first kappa shape index (κ1) is 20.1. The fourth-order valence-electron chi connectivity index (χ4n) is 3.51. The second kappa shape index (κ2) is 8.15. The minimum atomic E-state index is -1.43. The average molecular weight is 390 g/mol. The van der Waals surface area contributed by atoms with Crippen LogP contribution in [0.5, 0.6) is 0 Å². The first-order valence-corrected chi connectivity index (χ1v) is 9.37. The van der Waals surface area contributed by atoms with Gasteiger partial charge in [0.05, 0.1) is 13.2 Å². The highest BCUT2D eigenvalue weighted by Gasteiger charge is 2.42. The molecule has 28 heavy (non-hydrogen) atoms. The topological polar surface area (TPSA) is 129 Å². The van der Waals surface area contributed by atoms with Gasteiger partial charge in [0.25, 0.3) is 0 Å². The maximum atomic E-state index is 12.2.